The van der Waals surface area contributed by atoms with E-state index >= 15 is 0 Å². The van der Waals surface area contributed by atoms with Crippen LogP contribution in [0.2, 0.25) is 0 Å². The molecular weight excluding hydrogens is 302 g/mol. The van der Waals surface area contributed by atoms with Crippen molar-refractivity contribution in [2.24, 2.45) is 5.92 Å². The first-order chi connectivity index (χ1) is 8.06. The molecule has 1 amide bonds. The molecule has 2 rings (SSSR count). The SMILES string of the molecule is O=C(NCC1CC(O)C1)c1ccc(Br)cc1S. The maximum atomic E-state index is 11.9. The summed E-state index contributed by atoms with van der Waals surface area (Å²) in [7, 11) is 0. The van der Waals surface area contributed by atoms with Crippen LogP contribution in [0.3, 0.4) is 0 Å². The third kappa shape index (κ3) is 3.24. The molecule has 1 saturated carbocycles. The minimum atomic E-state index is -0.176. The average Bonchev–Trinajstić information content (AvgIpc) is 2.22. The number of carbonyl (C=O) groups excluding carboxylic acids is 1. The largest absolute Gasteiger partial charge is 0.393 e. The highest BCUT2D eigenvalue weighted by Gasteiger charge is 2.27. The van der Waals surface area contributed by atoms with Gasteiger partial charge in [0.1, 0.15) is 0 Å². The Morgan fingerprint density at radius 3 is 2.82 bits per heavy atom. The number of halogens is 1. The van der Waals surface area contributed by atoms with E-state index in [0.29, 0.717) is 22.9 Å². The number of benzene rings is 1. The predicted octanol–water partition coefficient (Wildman–Crippen LogP) is 2.24. The van der Waals surface area contributed by atoms with Crippen molar-refractivity contribution >= 4 is 34.5 Å². The van der Waals surface area contributed by atoms with Crippen molar-refractivity contribution in [1.29, 1.82) is 0 Å². The van der Waals surface area contributed by atoms with Crippen molar-refractivity contribution in [3.05, 3.63) is 28.2 Å². The molecule has 0 atom stereocenters. The smallest absolute Gasteiger partial charge is 0.252 e. The molecule has 92 valence electrons. The molecule has 1 aliphatic rings. The molecule has 0 aliphatic heterocycles. The number of amides is 1. The summed E-state index contributed by atoms with van der Waals surface area (Å²) in [6.45, 7) is 0.624. The summed E-state index contributed by atoms with van der Waals surface area (Å²) in [5.41, 5.74) is 0.580. The molecule has 0 heterocycles. The highest BCUT2D eigenvalue weighted by molar-refractivity contribution is 9.10. The van der Waals surface area contributed by atoms with Crippen molar-refractivity contribution < 1.29 is 9.90 Å². The molecule has 3 nitrogen and oxygen atoms in total. The van der Waals surface area contributed by atoms with Gasteiger partial charge in [-0.2, -0.15) is 0 Å². The van der Waals surface area contributed by atoms with Crippen molar-refractivity contribution in [3.63, 3.8) is 0 Å². The zero-order valence-corrected chi connectivity index (χ0v) is 11.7. The van der Waals surface area contributed by atoms with E-state index in [9.17, 15) is 4.79 Å². The molecule has 0 unspecified atom stereocenters. The number of nitrogens with one attached hydrogen (secondary N) is 1. The van der Waals surface area contributed by atoms with E-state index in [0.717, 1.165) is 17.3 Å². The molecule has 1 aliphatic carbocycles. The predicted molar refractivity (Wildman–Crippen MR) is 72.5 cm³/mol. The summed E-state index contributed by atoms with van der Waals surface area (Å²) in [6, 6.07) is 5.37. The van der Waals surface area contributed by atoms with Gasteiger partial charge in [0, 0.05) is 15.9 Å². The topological polar surface area (TPSA) is 49.3 Å². The van der Waals surface area contributed by atoms with Gasteiger partial charge in [-0.3, -0.25) is 4.79 Å². The second-order valence-corrected chi connectivity index (χ2v) is 5.76. The Balaban J connectivity index is 1.91. The van der Waals surface area contributed by atoms with Gasteiger partial charge in [0.15, 0.2) is 0 Å². The zero-order chi connectivity index (χ0) is 12.4. The lowest BCUT2D eigenvalue weighted by molar-refractivity contribution is 0.0420. The van der Waals surface area contributed by atoms with Crippen molar-refractivity contribution in [2.45, 2.75) is 23.8 Å². The fourth-order valence-corrected chi connectivity index (χ4v) is 2.75. The molecule has 0 aromatic heterocycles. The van der Waals surface area contributed by atoms with Crippen LogP contribution in [0.15, 0.2) is 27.6 Å². The van der Waals surface area contributed by atoms with Crippen LogP contribution in [0, 0.1) is 5.92 Å². The summed E-state index contributed by atoms with van der Waals surface area (Å²) in [4.78, 5) is 12.5. The van der Waals surface area contributed by atoms with Crippen LogP contribution < -0.4 is 5.32 Å². The second-order valence-electron chi connectivity index (χ2n) is 4.36. The van der Waals surface area contributed by atoms with Crippen molar-refractivity contribution in [2.75, 3.05) is 6.54 Å². The van der Waals surface area contributed by atoms with E-state index in [4.69, 9.17) is 5.11 Å². The lowest BCUT2D eigenvalue weighted by atomic mass is 9.82. The molecule has 1 aromatic rings. The lowest BCUT2D eigenvalue weighted by Gasteiger charge is -2.31. The molecule has 5 heteroatoms. The quantitative estimate of drug-likeness (QED) is 0.749. The van der Waals surface area contributed by atoms with Crippen molar-refractivity contribution in [3.8, 4) is 0 Å². The molecule has 0 saturated heterocycles. The van der Waals surface area contributed by atoms with Gasteiger partial charge in [-0.25, -0.2) is 0 Å². The summed E-state index contributed by atoms with van der Waals surface area (Å²) < 4.78 is 0.904. The van der Waals surface area contributed by atoms with Gasteiger partial charge in [0.05, 0.1) is 11.7 Å². The third-order valence-electron chi connectivity index (χ3n) is 2.97. The minimum absolute atomic E-state index is 0.108. The first kappa shape index (κ1) is 12.9. The highest BCUT2D eigenvalue weighted by Crippen LogP contribution is 2.26. The fraction of sp³-hybridized carbons (Fsp3) is 0.417. The first-order valence-corrected chi connectivity index (χ1v) is 6.75. The van der Waals surface area contributed by atoms with Gasteiger partial charge >= 0.3 is 0 Å². The van der Waals surface area contributed by atoms with Gasteiger partial charge in [0.25, 0.3) is 5.91 Å². The summed E-state index contributed by atoms with van der Waals surface area (Å²) in [5.74, 6) is 0.302. The Bertz CT molecular complexity index is 433. The second kappa shape index (κ2) is 5.42. The lowest BCUT2D eigenvalue weighted by Crippen LogP contribution is -2.38. The Hall–Kier alpha value is -0.520. The Morgan fingerprint density at radius 2 is 2.24 bits per heavy atom. The summed E-state index contributed by atoms with van der Waals surface area (Å²) >= 11 is 7.60. The first-order valence-electron chi connectivity index (χ1n) is 5.51. The van der Waals surface area contributed by atoms with Crippen LogP contribution in [0.1, 0.15) is 23.2 Å². The fourth-order valence-electron chi connectivity index (χ4n) is 1.90. The van der Waals surface area contributed by atoms with E-state index in [1.54, 1.807) is 12.1 Å². The number of hydrogen-bond donors (Lipinski definition) is 3. The minimum Gasteiger partial charge on any atom is -0.393 e. The maximum Gasteiger partial charge on any atom is 0.252 e. The highest BCUT2D eigenvalue weighted by atomic mass is 79.9. The molecule has 0 radical (unpaired) electrons. The Kier molecular flexibility index (Phi) is 4.12. The summed E-state index contributed by atoms with van der Waals surface area (Å²) in [6.07, 6.45) is 1.40. The monoisotopic (exact) mass is 315 g/mol. The van der Waals surface area contributed by atoms with Crippen LogP contribution in [0.4, 0.5) is 0 Å². The van der Waals surface area contributed by atoms with Gasteiger partial charge in [0.2, 0.25) is 0 Å². The van der Waals surface area contributed by atoms with Crippen LogP contribution in [-0.4, -0.2) is 23.7 Å². The van der Waals surface area contributed by atoms with E-state index in [1.165, 1.54) is 0 Å². The number of thiol groups is 1. The number of rotatable bonds is 3. The standard InChI is InChI=1S/C12H14BrNO2S/c13-8-1-2-10(11(17)5-8)12(16)14-6-7-3-9(15)4-7/h1-2,5,7,9,15,17H,3-4,6H2,(H,14,16). The van der Waals surface area contributed by atoms with Gasteiger partial charge in [-0.15, -0.1) is 12.6 Å². The van der Waals surface area contributed by atoms with Gasteiger partial charge in [-0.1, -0.05) is 15.9 Å². The Morgan fingerprint density at radius 1 is 1.53 bits per heavy atom. The van der Waals surface area contributed by atoms with Gasteiger partial charge in [-0.05, 0) is 37.0 Å². The molecule has 2 N–H and O–H groups in total. The molecular formula is C12H14BrNO2S. The number of aliphatic hydroxyl groups excluding tert-OH is 1. The van der Waals surface area contributed by atoms with Crippen molar-refractivity contribution in [1.82, 2.24) is 5.32 Å². The van der Waals surface area contributed by atoms with E-state index in [2.05, 4.69) is 33.9 Å². The summed E-state index contributed by atoms with van der Waals surface area (Å²) in [5, 5.41) is 12.0. The molecule has 0 spiro atoms. The normalized spacial score (nSPS) is 23.0. The van der Waals surface area contributed by atoms with Crippen LogP contribution in [0.25, 0.3) is 0 Å². The maximum absolute atomic E-state index is 11.9. The number of hydrogen-bond acceptors (Lipinski definition) is 3. The van der Waals surface area contributed by atoms with Crippen LogP contribution in [0.5, 0.6) is 0 Å². The van der Waals surface area contributed by atoms with E-state index < -0.39 is 0 Å². The van der Waals surface area contributed by atoms with Gasteiger partial charge < -0.3 is 10.4 Å². The number of aliphatic hydroxyl groups is 1. The third-order valence-corrected chi connectivity index (χ3v) is 3.83. The van der Waals surface area contributed by atoms with E-state index in [1.807, 2.05) is 6.07 Å². The molecule has 1 fully saturated rings. The average molecular weight is 316 g/mol. The van der Waals surface area contributed by atoms with Crippen LogP contribution >= 0.6 is 28.6 Å². The molecule has 17 heavy (non-hydrogen) atoms. The van der Waals surface area contributed by atoms with Crippen LogP contribution in [-0.2, 0) is 0 Å². The molecule has 1 aromatic carbocycles. The number of carbonyl (C=O) groups is 1. The molecule has 0 bridgehead atoms. The Labute approximate surface area is 114 Å². The zero-order valence-electron chi connectivity index (χ0n) is 9.19. The van der Waals surface area contributed by atoms with E-state index in [-0.39, 0.29) is 12.0 Å².